The number of halogens is 4. The van der Waals surface area contributed by atoms with Gasteiger partial charge in [-0.2, -0.15) is 0 Å². The Morgan fingerprint density at radius 2 is 1.82 bits per heavy atom. The van der Waals surface area contributed by atoms with Gasteiger partial charge in [0.25, 0.3) is 11.1 Å². The van der Waals surface area contributed by atoms with Crippen LogP contribution in [0.3, 0.4) is 0 Å². The molecule has 3 rings (SSSR count). The van der Waals surface area contributed by atoms with Gasteiger partial charge in [0.15, 0.2) is 0 Å². The minimum atomic E-state index is -0.638. The lowest BCUT2D eigenvalue weighted by Crippen LogP contribution is -2.35. The summed E-state index contributed by atoms with van der Waals surface area (Å²) in [6, 6.07) is 8.67. The molecule has 1 fully saturated rings. The molecule has 1 aliphatic rings. The molecular formula is C22H17Br2Cl2NO5S. The molecule has 0 aromatic heterocycles. The second-order valence-corrected chi connectivity index (χ2v) is 10.7. The lowest BCUT2D eigenvalue weighted by molar-refractivity contribution is -0.149. The smallest absolute Gasteiger partial charge is 0.326 e. The van der Waals surface area contributed by atoms with Crippen molar-refractivity contribution in [2.45, 2.75) is 26.6 Å². The van der Waals surface area contributed by atoms with Crippen LogP contribution in [0.25, 0.3) is 6.08 Å². The first-order valence-corrected chi connectivity index (χ1v) is 12.7. The number of amides is 2. The van der Waals surface area contributed by atoms with Crippen molar-refractivity contribution < 1.29 is 23.9 Å². The molecule has 0 unspecified atom stereocenters. The molecule has 174 valence electrons. The van der Waals surface area contributed by atoms with Crippen LogP contribution in [0.4, 0.5) is 4.79 Å². The Kier molecular flexibility index (Phi) is 8.91. The van der Waals surface area contributed by atoms with Gasteiger partial charge in [0.1, 0.15) is 18.9 Å². The minimum absolute atomic E-state index is 0.206. The van der Waals surface area contributed by atoms with Crippen LogP contribution >= 0.6 is 66.8 Å². The molecule has 0 bridgehead atoms. The van der Waals surface area contributed by atoms with Crippen molar-refractivity contribution in [1.82, 2.24) is 4.90 Å². The SMILES string of the molecule is CC(C)OC(=O)CN1C(=O)S/C(=C/c2cc(Br)c(OCc3ccc(Cl)cc3Cl)c(Br)c2)C1=O. The van der Waals surface area contributed by atoms with E-state index < -0.39 is 23.7 Å². The maximum absolute atomic E-state index is 12.6. The fourth-order valence-electron chi connectivity index (χ4n) is 2.81. The number of ether oxygens (including phenoxy) is 2. The van der Waals surface area contributed by atoms with Crippen LogP contribution in [0.5, 0.6) is 5.75 Å². The molecule has 0 saturated carbocycles. The molecule has 6 nitrogen and oxygen atoms in total. The third-order valence-corrected chi connectivity index (χ3v) is 6.91. The van der Waals surface area contributed by atoms with Crippen LogP contribution in [0.15, 0.2) is 44.2 Å². The fraction of sp³-hybridized carbons (Fsp3) is 0.227. The van der Waals surface area contributed by atoms with Gasteiger partial charge in [-0.3, -0.25) is 19.3 Å². The highest BCUT2D eigenvalue weighted by Gasteiger charge is 2.36. The topological polar surface area (TPSA) is 72.9 Å². The van der Waals surface area contributed by atoms with Crippen LogP contribution in [0.1, 0.15) is 25.0 Å². The van der Waals surface area contributed by atoms with Crippen LogP contribution in [0.2, 0.25) is 10.0 Å². The van der Waals surface area contributed by atoms with E-state index in [-0.39, 0.29) is 17.6 Å². The second-order valence-electron chi connectivity index (χ2n) is 7.14. The number of rotatable bonds is 7. The highest BCUT2D eigenvalue weighted by Crippen LogP contribution is 2.38. The molecule has 1 aliphatic heterocycles. The number of hydrogen-bond donors (Lipinski definition) is 0. The minimum Gasteiger partial charge on any atom is -0.486 e. The Morgan fingerprint density at radius 1 is 1.15 bits per heavy atom. The van der Waals surface area contributed by atoms with Gasteiger partial charge in [0.2, 0.25) is 0 Å². The van der Waals surface area contributed by atoms with E-state index in [0.29, 0.717) is 30.3 Å². The van der Waals surface area contributed by atoms with Gasteiger partial charge >= 0.3 is 5.97 Å². The molecule has 2 amide bonds. The summed E-state index contributed by atoms with van der Waals surface area (Å²) in [7, 11) is 0. The van der Waals surface area contributed by atoms with Gasteiger partial charge in [-0.15, -0.1) is 0 Å². The predicted molar refractivity (Wildman–Crippen MR) is 137 cm³/mol. The van der Waals surface area contributed by atoms with Gasteiger partial charge in [-0.05, 0) is 93.4 Å². The first-order chi connectivity index (χ1) is 15.5. The summed E-state index contributed by atoms with van der Waals surface area (Å²) in [5, 5.41) is 0.515. The van der Waals surface area contributed by atoms with Crippen molar-refractivity contribution in [3.05, 3.63) is 65.4 Å². The summed E-state index contributed by atoms with van der Waals surface area (Å²) in [6.07, 6.45) is 1.24. The number of hydrogen-bond acceptors (Lipinski definition) is 6. The average molecular weight is 638 g/mol. The molecule has 1 heterocycles. The summed E-state index contributed by atoms with van der Waals surface area (Å²) in [5.41, 5.74) is 1.43. The maximum atomic E-state index is 12.6. The van der Waals surface area contributed by atoms with E-state index in [1.807, 2.05) is 0 Å². The molecule has 0 aliphatic carbocycles. The molecule has 0 atom stereocenters. The number of imide groups is 1. The standard InChI is InChI=1S/C22H17Br2Cl2NO5S/c1-11(2)32-19(28)9-27-21(29)18(33-22(27)30)7-12-5-15(23)20(16(24)6-12)31-10-13-3-4-14(25)8-17(13)26/h3-8,11H,9-10H2,1-2H3/b18-7+. The molecule has 0 radical (unpaired) electrons. The lowest BCUT2D eigenvalue weighted by atomic mass is 10.2. The van der Waals surface area contributed by atoms with Crippen molar-refractivity contribution in [1.29, 1.82) is 0 Å². The van der Waals surface area contributed by atoms with E-state index in [4.69, 9.17) is 32.7 Å². The van der Waals surface area contributed by atoms with Gasteiger partial charge < -0.3 is 9.47 Å². The molecular weight excluding hydrogens is 621 g/mol. The normalized spacial score (nSPS) is 15.0. The van der Waals surface area contributed by atoms with Crippen LogP contribution in [0, 0.1) is 0 Å². The van der Waals surface area contributed by atoms with Crippen molar-refractivity contribution in [2.24, 2.45) is 0 Å². The van der Waals surface area contributed by atoms with Crippen molar-refractivity contribution in [3.8, 4) is 5.75 Å². The maximum Gasteiger partial charge on any atom is 0.326 e. The average Bonchev–Trinajstić information content (AvgIpc) is 2.95. The Balaban J connectivity index is 1.74. The van der Waals surface area contributed by atoms with Crippen molar-refractivity contribution in [2.75, 3.05) is 6.54 Å². The Bertz CT molecular complexity index is 1130. The van der Waals surface area contributed by atoms with Gasteiger partial charge in [0, 0.05) is 15.6 Å². The number of thioether (sulfide) groups is 1. The highest BCUT2D eigenvalue weighted by atomic mass is 79.9. The fourth-order valence-corrected chi connectivity index (χ4v) is 5.56. The monoisotopic (exact) mass is 635 g/mol. The zero-order valence-electron chi connectivity index (χ0n) is 17.4. The summed E-state index contributed by atoms with van der Waals surface area (Å²) >= 11 is 19.8. The van der Waals surface area contributed by atoms with E-state index in [1.54, 1.807) is 50.3 Å². The second kappa shape index (κ2) is 11.3. The Hall–Kier alpha value is -1.52. The zero-order valence-corrected chi connectivity index (χ0v) is 22.9. The number of carbonyl (C=O) groups excluding carboxylic acids is 3. The number of carbonyl (C=O) groups is 3. The summed E-state index contributed by atoms with van der Waals surface area (Å²) < 4.78 is 12.2. The first-order valence-electron chi connectivity index (χ1n) is 9.55. The van der Waals surface area contributed by atoms with Crippen molar-refractivity contribution >= 4 is 90.0 Å². The van der Waals surface area contributed by atoms with Crippen LogP contribution in [-0.4, -0.2) is 34.7 Å². The van der Waals surface area contributed by atoms with E-state index >= 15 is 0 Å². The van der Waals surface area contributed by atoms with Crippen LogP contribution < -0.4 is 4.74 Å². The van der Waals surface area contributed by atoms with Gasteiger partial charge in [0.05, 0.1) is 20.0 Å². The largest absolute Gasteiger partial charge is 0.486 e. The Labute approximate surface area is 221 Å². The van der Waals surface area contributed by atoms with E-state index in [9.17, 15) is 14.4 Å². The van der Waals surface area contributed by atoms with E-state index in [0.717, 1.165) is 22.2 Å². The third-order valence-electron chi connectivity index (χ3n) is 4.23. The zero-order chi connectivity index (χ0) is 24.3. The number of benzene rings is 2. The summed E-state index contributed by atoms with van der Waals surface area (Å²) in [6.45, 7) is 3.18. The summed E-state index contributed by atoms with van der Waals surface area (Å²) in [4.78, 5) is 37.8. The van der Waals surface area contributed by atoms with E-state index in [1.165, 1.54) is 0 Å². The molecule has 1 saturated heterocycles. The van der Waals surface area contributed by atoms with Crippen molar-refractivity contribution in [3.63, 3.8) is 0 Å². The predicted octanol–water partition coefficient (Wildman–Crippen LogP) is 7.09. The molecule has 2 aromatic rings. The number of nitrogens with zero attached hydrogens (tertiary/aromatic N) is 1. The third kappa shape index (κ3) is 6.76. The molecule has 33 heavy (non-hydrogen) atoms. The molecule has 2 aromatic carbocycles. The Morgan fingerprint density at radius 3 is 2.42 bits per heavy atom. The summed E-state index contributed by atoms with van der Waals surface area (Å²) in [5.74, 6) is -0.639. The number of esters is 1. The van der Waals surface area contributed by atoms with Gasteiger partial charge in [-0.25, -0.2) is 0 Å². The molecule has 0 N–H and O–H groups in total. The van der Waals surface area contributed by atoms with Crippen LogP contribution in [-0.2, 0) is 20.9 Å². The molecule has 0 spiro atoms. The molecule has 11 heteroatoms. The van der Waals surface area contributed by atoms with Gasteiger partial charge in [-0.1, -0.05) is 29.3 Å². The van der Waals surface area contributed by atoms with E-state index in [2.05, 4.69) is 31.9 Å². The quantitative estimate of drug-likeness (QED) is 0.239. The highest BCUT2D eigenvalue weighted by molar-refractivity contribution is 9.11. The first kappa shape index (κ1) is 26.1. The lowest BCUT2D eigenvalue weighted by Gasteiger charge is -2.13.